The first-order chi connectivity index (χ1) is 27.4. The van der Waals surface area contributed by atoms with E-state index in [9.17, 15) is 24.6 Å². The van der Waals surface area contributed by atoms with Crippen molar-refractivity contribution in [1.29, 1.82) is 0 Å². The molecule has 0 aliphatic heterocycles. The Morgan fingerprint density at radius 2 is 1.58 bits per heavy atom. The molecule has 328 valence electrons. The monoisotopic (exact) mass is 837 g/mol. The normalized spacial score (nSPS) is 36.5. The summed E-state index contributed by atoms with van der Waals surface area (Å²) in [7, 11) is 4.16. The minimum Gasteiger partial charge on any atom is -0.481 e. The van der Waals surface area contributed by atoms with E-state index in [1.807, 2.05) is 0 Å². The largest absolute Gasteiger partial charge is 0.481 e. The second-order valence-corrected chi connectivity index (χ2v) is 23.0. The van der Waals surface area contributed by atoms with Crippen molar-refractivity contribution in [3.05, 3.63) is 34.4 Å². The number of ketones is 1. The first-order valence-corrected chi connectivity index (χ1v) is 23.0. The van der Waals surface area contributed by atoms with Crippen LogP contribution in [0, 0.1) is 56.2 Å². The van der Waals surface area contributed by atoms with E-state index < -0.39 is 28.9 Å². The van der Waals surface area contributed by atoms with Gasteiger partial charge in [-0.1, -0.05) is 65.6 Å². The summed E-state index contributed by atoms with van der Waals surface area (Å²) in [6.45, 7) is 21.7. The van der Waals surface area contributed by atoms with Crippen LogP contribution in [-0.2, 0) is 24.7 Å². The van der Waals surface area contributed by atoms with E-state index in [2.05, 4.69) is 72.4 Å². The lowest BCUT2D eigenvalue weighted by Crippen LogP contribution is -2.66. The number of fused-ring (bicyclic) bond motifs is 7. The smallest absolute Gasteiger partial charge is 0.309 e. The SMILES string of the molecule is CC(C)C1=C2[C@H]3CC[C@@H]4[C@@]5(C)CC[C@H](OC(=O)CC(C)(C)C(=O)O)C(C)(C)[C@@H]5CC[C@@]4(C)[C@]3(C)CCC2(C(O)CN(CCN(C)C)C2(c3ncc(Cl)cn3)CC2)CC1=O. The van der Waals surface area contributed by atoms with E-state index in [4.69, 9.17) is 26.3 Å². The van der Waals surface area contributed by atoms with Crippen LogP contribution in [0.15, 0.2) is 23.5 Å². The molecule has 6 aliphatic carbocycles. The van der Waals surface area contributed by atoms with E-state index in [1.165, 1.54) is 5.57 Å². The van der Waals surface area contributed by atoms with Gasteiger partial charge in [0.1, 0.15) is 11.9 Å². The molecule has 59 heavy (non-hydrogen) atoms. The molecule has 1 aromatic heterocycles. The van der Waals surface area contributed by atoms with E-state index in [-0.39, 0.29) is 57.3 Å². The number of esters is 1. The maximum Gasteiger partial charge on any atom is 0.309 e. The molecule has 2 unspecified atom stereocenters. The van der Waals surface area contributed by atoms with Gasteiger partial charge in [-0.15, -0.1) is 0 Å². The molecule has 1 aromatic rings. The number of carboxylic acids is 1. The molecule has 6 aliphatic rings. The number of aliphatic carboxylic acids is 1. The third-order valence-electron chi connectivity index (χ3n) is 18.1. The van der Waals surface area contributed by atoms with Gasteiger partial charge in [-0.25, -0.2) is 9.97 Å². The molecule has 2 N–H and O–H groups in total. The maximum absolute atomic E-state index is 14.4. The number of carbonyl (C=O) groups is 3. The number of allylic oxidation sites excluding steroid dienone is 1. The Kier molecular flexibility index (Phi) is 11.5. The first kappa shape index (κ1) is 44.6. The van der Waals surface area contributed by atoms with Gasteiger partial charge >= 0.3 is 11.9 Å². The summed E-state index contributed by atoms with van der Waals surface area (Å²) in [4.78, 5) is 53.4. The van der Waals surface area contributed by atoms with Crippen LogP contribution in [0.4, 0.5) is 0 Å². The number of nitrogens with zero attached hydrogens (tertiary/aromatic N) is 4. The molecule has 0 amide bonds. The second kappa shape index (κ2) is 15.1. The van der Waals surface area contributed by atoms with Crippen molar-refractivity contribution >= 4 is 29.3 Å². The highest BCUT2D eigenvalue weighted by Crippen LogP contribution is 2.77. The number of Topliss-reactive ketones (excluding diaryl/α,β-unsaturated/α-hetero) is 1. The number of hydrogen-bond acceptors (Lipinski definition) is 9. The van der Waals surface area contributed by atoms with Crippen molar-refractivity contribution in [2.45, 2.75) is 157 Å². The lowest BCUT2D eigenvalue weighted by molar-refractivity contribution is -0.235. The van der Waals surface area contributed by atoms with Crippen LogP contribution >= 0.6 is 11.6 Å². The van der Waals surface area contributed by atoms with Crippen molar-refractivity contribution in [3.63, 3.8) is 0 Å². The van der Waals surface area contributed by atoms with E-state index in [0.717, 1.165) is 88.7 Å². The average Bonchev–Trinajstić information content (AvgIpc) is 3.88. The molecule has 5 saturated carbocycles. The molecule has 0 radical (unpaired) electrons. The number of ether oxygens (including phenoxy) is 1. The van der Waals surface area contributed by atoms with Gasteiger partial charge in [0.2, 0.25) is 0 Å². The fourth-order valence-electron chi connectivity index (χ4n) is 14.4. The topological polar surface area (TPSA) is 133 Å². The zero-order valence-electron chi connectivity index (χ0n) is 37.9. The second-order valence-electron chi connectivity index (χ2n) is 22.6. The van der Waals surface area contributed by atoms with Crippen molar-refractivity contribution in [2.75, 3.05) is 33.7 Å². The fourth-order valence-corrected chi connectivity index (χ4v) is 14.5. The predicted molar refractivity (Wildman–Crippen MR) is 229 cm³/mol. The third-order valence-corrected chi connectivity index (χ3v) is 18.3. The van der Waals surface area contributed by atoms with Crippen LogP contribution < -0.4 is 0 Å². The molecule has 0 aromatic carbocycles. The highest BCUT2D eigenvalue weighted by Gasteiger charge is 2.71. The molecular formula is C48H73ClN4O6. The van der Waals surface area contributed by atoms with E-state index in [0.29, 0.717) is 29.8 Å². The van der Waals surface area contributed by atoms with Gasteiger partial charge in [0.15, 0.2) is 5.78 Å². The lowest BCUT2D eigenvalue weighted by atomic mass is 9.33. The summed E-state index contributed by atoms with van der Waals surface area (Å²) >= 11 is 6.23. The summed E-state index contributed by atoms with van der Waals surface area (Å²) in [6, 6.07) is 0. The van der Waals surface area contributed by atoms with Crippen LogP contribution in [0.1, 0.15) is 145 Å². The number of likely N-dealkylation sites (N-methyl/N-ethyl adjacent to an activating group) is 1. The third kappa shape index (κ3) is 7.04. The summed E-state index contributed by atoms with van der Waals surface area (Å²) in [5, 5.41) is 23.1. The van der Waals surface area contributed by atoms with Gasteiger partial charge in [0.05, 0.1) is 28.5 Å². The Morgan fingerprint density at radius 3 is 2.17 bits per heavy atom. The number of carbonyl (C=O) groups excluding carboxylic acids is 2. The zero-order chi connectivity index (χ0) is 43.3. The van der Waals surface area contributed by atoms with Gasteiger partial charge in [-0.3, -0.25) is 19.3 Å². The van der Waals surface area contributed by atoms with Gasteiger partial charge in [-0.05, 0) is 138 Å². The first-order valence-electron chi connectivity index (χ1n) is 22.7. The highest BCUT2D eigenvalue weighted by molar-refractivity contribution is 6.30. The number of halogens is 1. The lowest BCUT2D eigenvalue weighted by Gasteiger charge is -2.72. The Bertz CT molecular complexity index is 1860. The number of carboxylic acid groups (broad SMARTS) is 1. The van der Waals surface area contributed by atoms with Crippen molar-refractivity contribution in [1.82, 2.24) is 19.8 Å². The van der Waals surface area contributed by atoms with Crippen LogP contribution in [-0.4, -0.2) is 93.6 Å². The molecule has 5 fully saturated rings. The molecule has 9 atom stereocenters. The van der Waals surface area contributed by atoms with Crippen LogP contribution in [0.5, 0.6) is 0 Å². The predicted octanol–water partition coefficient (Wildman–Crippen LogP) is 8.74. The highest BCUT2D eigenvalue weighted by atomic mass is 35.5. The zero-order valence-corrected chi connectivity index (χ0v) is 38.7. The Hall–Kier alpha value is -2.40. The minimum absolute atomic E-state index is 0.0197. The Morgan fingerprint density at radius 1 is 0.915 bits per heavy atom. The van der Waals surface area contributed by atoms with Gasteiger partial charge < -0.3 is 19.8 Å². The van der Waals surface area contributed by atoms with Crippen molar-refractivity contribution in [2.24, 2.45) is 56.2 Å². The number of aliphatic hydroxyl groups excluding tert-OH is 1. The molecule has 0 saturated heterocycles. The summed E-state index contributed by atoms with van der Waals surface area (Å²) in [5.74, 6) is 0.671. The number of aromatic nitrogens is 2. The molecule has 0 spiro atoms. The molecule has 7 rings (SSSR count). The van der Waals surface area contributed by atoms with Crippen molar-refractivity contribution in [3.8, 4) is 0 Å². The van der Waals surface area contributed by atoms with E-state index in [1.54, 1.807) is 26.2 Å². The Balaban J connectivity index is 1.18. The Labute approximate surface area is 358 Å². The fraction of sp³-hybridized carbons (Fsp3) is 0.812. The van der Waals surface area contributed by atoms with Crippen LogP contribution in [0.3, 0.4) is 0 Å². The van der Waals surface area contributed by atoms with Crippen LogP contribution in [0.2, 0.25) is 5.02 Å². The molecule has 0 bridgehead atoms. The number of aliphatic hydroxyl groups is 1. The van der Waals surface area contributed by atoms with Gasteiger partial charge in [0.25, 0.3) is 0 Å². The van der Waals surface area contributed by atoms with Crippen LogP contribution in [0.25, 0.3) is 0 Å². The molecular weight excluding hydrogens is 764 g/mol. The summed E-state index contributed by atoms with van der Waals surface area (Å²) in [5.41, 5.74) is -0.117. The molecule has 10 nitrogen and oxygen atoms in total. The quantitative estimate of drug-likeness (QED) is 0.186. The molecule has 11 heteroatoms. The number of hydrogen-bond donors (Lipinski definition) is 2. The van der Waals surface area contributed by atoms with Crippen molar-refractivity contribution < 1.29 is 29.3 Å². The summed E-state index contributed by atoms with van der Waals surface area (Å²) < 4.78 is 6.21. The maximum atomic E-state index is 14.4. The number of rotatable bonds is 13. The van der Waals surface area contributed by atoms with Gasteiger partial charge in [0, 0.05) is 49.3 Å². The molecule has 1 heterocycles. The van der Waals surface area contributed by atoms with E-state index >= 15 is 0 Å². The minimum atomic E-state index is -1.18. The standard InChI is InChI=1S/C48H73ClN4O6/c1-29(2)38-32(54)24-47(35(55)28-53(23-22-52(10)11)48(20-21-48)40-50-26-30(49)27-51-40)19-18-45(8)31(39(38)47)12-13-34-44(7)16-15-36(59-37(56)25-42(3,4)41(57)58)43(5,6)33(44)14-17-46(34,45)9/h26-27,29,31,33-36,55H,12-25,28H2,1-11H3,(H,57,58)/t31-,33+,34-,35?,36+,44+,45-,46-,47?/m1/s1. The van der Waals surface area contributed by atoms with Gasteiger partial charge in [-0.2, -0.15) is 0 Å². The summed E-state index contributed by atoms with van der Waals surface area (Å²) in [6.07, 6.45) is 12.1. The average molecular weight is 838 g/mol.